The summed E-state index contributed by atoms with van der Waals surface area (Å²) in [7, 11) is 0. The minimum absolute atomic E-state index is 0.0434. The van der Waals surface area contributed by atoms with Crippen molar-refractivity contribution in [1.82, 2.24) is 10.2 Å². The van der Waals surface area contributed by atoms with Gasteiger partial charge in [0, 0.05) is 13.1 Å². The molecule has 1 fully saturated rings. The van der Waals surface area contributed by atoms with Crippen molar-refractivity contribution >= 4 is 5.91 Å². The molecule has 0 saturated carbocycles. The summed E-state index contributed by atoms with van der Waals surface area (Å²) in [5, 5.41) is 13.0. The molecule has 0 aromatic carbocycles. The quantitative estimate of drug-likeness (QED) is 0.723. The zero-order valence-corrected chi connectivity index (χ0v) is 11.7. The smallest absolute Gasteiger partial charge is 0.248 e. The van der Waals surface area contributed by atoms with Crippen molar-refractivity contribution in [3.05, 3.63) is 0 Å². The monoisotopic (exact) mass is 258 g/mol. The number of amides is 1. The van der Waals surface area contributed by atoms with E-state index in [2.05, 4.69) is 5.32 Å². The number of hydrogen-bond donors (Lipinski definition) is 2. The van der Waals surface area contributed by atoms with Crippen molar-refractivity contribution in [2.24, 2.45) is 0 Å². The Hall–Kier alpha value is -0.650. The summed E-state index contributed by atoms with van der Waals surface area (Å²) in [4.78, 5) is 13.6. The molecule has 106 valence electrons. The van der Waals surface area contributed by atoms with E-state index >= 15 is 0 Å². The maximum Gasteiger partial charge on any atom is 0.248 e. The van der Waals surface area contributed by atoms with Gasteiger partial charge in [-0.05, 0) is 46.7 Å². The number of ether oxygens (including phenoxy) is 1. The van der Waals surface area contributed by atoms with E-state index in [1.54, 1.807) is 18.7 Å². The molecule has 0 unspecified atom stereocenters. The zero-order chi connectivity index (χ0) is 13.6. The first-order chi connectivity index (χ1) is 8.42. The molecule has 1 aliphatic rings. The first-order valence-corrected chi connectivity index (χ1v) is 6.75. The van der Waals surface area contributed by atoms with Gasteiger partial charge in [0.05, 0.1) is 11.7 Å². The SMILES string of the molecule is CCN(CC(C)(C)O)C(=O)COC1CCNCC1. The molecular formula is C13H26N2O3. The van der Waals surface area contributed by atoms with E-state index in [4.69, 9.17) is 4.74 Å². The minimum atomic E-state index is -0.861. The van der Waals surface area contributed by atoms with Gasteiger partial charge in [-0.2, -0.15) is 0 Å². The average molecular weight is 258 g/mol. The van der Waals surface area contributed by atoms with Gasteiger partial charge in [0.15, 0.2) is 0 Å². The van der Waals surface area contributed by atoms with Crippen LogP contribution in [0.2, 0.25) is 0 Å². The van der Waals surface area contributed by atoms with Crippen LogP contribution in [0.4, 0.5) is 0 Å². The maximum absolute atomic E-state index is 12.0. The van der Waals surface area contributed by atoms with Crippen LogP contribution in [0.1, 0.15) is 33.6 Å². The Kier molecular flexibility index (Phi) is 6.05. The Morgan fingerprint density at radius 2 is 2.06 bits per heavy atom. The molecule has 0 aliphatic carbocycles. The van der Waals surface area contributed by atoms with E-state index < -0.39 is 5.60 Å². The lowest BCUT2D eigenvalue weighted by Gasteiger charge is -2.29. The Morgan fingerprint density at radius 1 is 1.44 bits per heavy atom. The highest BCUT2D eigenvalue weighted by molar-refractivity contribution is 5.77. The van der Waals surface area contributed by atoms with Crippen LogP contribution in [0.15, 0.2) is 0 Å². The van der Waals surface area contributed by atoms with Crippen LogP contribution in [-0.2, 0) is 9.53 Å². The summed E-state index contributed by atoms with van der Waals surface area (Å²) in [6, 6.07) is 0. The van der Waals surface area contributed by atoms with E-state index in [9.17, 15) is 9.90 Å². The lowest BCUT2D eigenvalue weighted by Crippen LogP contribution is -2.44. The molecule has 1 heterocycles. The van der Waals surface area contributed by atoms with Crippen LogP contribution in [0.3, 0.4) is 0 Å². The number of rotatable bonds is 6. The first kappa shape index (κ1) is 15.4. The van der Waals surface area contributed by atoms with Crippen LogP contribution in [0.25, 0.3) is 0 Å². The summed E-state index contributed by atoms with van der Waals surface area (Å²) in [6.07, 6.45) is 2.12. The van der Waals surface area contributed by atoms with Gasteiger partial charge >= 0.3 is 0 Å². The Balaban J connectivity index is 2.32. The normalized spacial score (nSPS) is 17.8. The fraction of sp³-hybridized carbons (Fsp3) is 0.923. The Morgan fingerprint density at radius 3 is 2.56 bits per heavy atom. The molecule has 0 spiro atoms. The number of aliphatic hydroxyl groups is 1. The molecule has 1 rings (SSSR count). The van der Waals surface area contributed by atoms with Crippen molar-refractivity contribution < 1.29 is 14.6 Å². The molecule has 0 aromatic heterocycles. The van der Waals surface area contributed by atoms with Crippen LogP contribution in [0.5, 0.6) is 0 Å². The van der Waals surface area contributed by atoms with Crippen LogP contribution < -0.4 is 5.32 Å². The highest BCUT2D eigenvalue weighted by atomic mass is 16.5. The average Bonchev–Trinajstić information content (AvgIpc) is 2.33. The second-order valence-corrected chi connectivity index (χ2v) is 5.48. The summed E-state index contributed by atoms with van der Waals surface area (Å²) < 4.78 is 5.63. The first-order valence-electron chi connectivity index (χ1n) is 6.75. The summed E-state index contributed by atoms with van der Waals surface area (Å²) >= 11 is 0. The molecule has 2 N–H and O–H groups in total. The molecule has 0 radical (unpaired) electrons. The molecule has 1 amide bonds. The van der Waals surface area contributed by atoms with Crippen LogP contribution >= 0.6 is 0 Å². The third kappa shape index (κ3) is 5.80. The molecule has 0 atom stereocenters. The van der Waals surface area contributed by atoms with Gasteiger partial charge in [0.2, 0.25) is 5.91 Å². The van der Waals surface area contributed by atoms with Gasteiger partial charge in [-0.25, -0.2) is 0 Å². The third-order valence-corrected chi connectivity index (χ3v) is 3.04. The summed E-state index contributed by atoms with van der Waals surface area (Å²) in [5.74, 6) is -0.0434. The van der Waals surface area contributed by atoms with Gasteiger partial charge < -0.3 is 20.1 Å². The molecule has 1 saturated heterocycles. The molecule has 5 nitrogen and oxygen atoms in total. The lowest BCUT2D eigenvalue weighted by atomic mass is 10.1. The number of piperidine rings is 1. The zero-order valence-electron chi connectivity index (χ0n) is 11.7. The lowest BCUT2D eigenvalue weighted by molar-refractivity contribution is -0.141. The van der Waals surface area contributed by atoms with E-state index in [0.29, 0.717) is 13.1 Å². The van der Waals surface area contributed by atoms with E-state index in [0.717, 1.165) is 25.9 Å². The number of likely N-dealkylation sites (N-methyl/N-ethyl adjacent to an activating group) is 1. The maximum atomic E-state index is 12.0. The van der Waals surface area contributed by atoms with Crippen molar-refractivity contribution in [2.45, 2.75) is 45.3 Å². The van der Waals surface area contributed by atoms with E-state index in [1.807, 2.05) is 6.92 Å². The highest BCUT2D eigenvalue weighted by Gasteiger charge is 2.22. The second-order valence-electron chi connectivity index (χ2n) is 5.48. The summed E-state index contributed by atoms with van der Waals surface area (Å²) in [5.41, 5.74) is -0.861. The molecule has 0 aromatic rings. The Bertz CT molecular complexity index is 257. The van der Waals surface area contributed by atoms with Crippen molar-refractivity contribution in [1.29, 1.82) is 0 Å². The number of carbonyl (C=O) groups is 1. The molecule has 18 heavy (non-hydrogen) atoms. The molecule has 0 bridgehead atoms. The highest BCUT2D eigenvalue weighted by Crippen LogP contribution is 2.09. The van der Waals surface area contributed by atoms with Crippen molar-refractivity contribution in [2.75, 3.05) is 32.8 Å². The van der Waals surface area contributed by atoms with Gasteiger partial charge in [0.1, 0.15) is 6.61 Å². The fourth-order valence-electron chi connectivity index (χ4n) is 2.09. The largest absolute Gasteiger partial charge is 0.389 e. The molecule has 1 aliphatic heterocycles. The molecular weight excluding hydrogens is 232 g/mol. The van der Waals surface area contributed by atoms with Crippen LogP contribution in [-0.4, -0.2) is 60.4 Å². The van der Waals surface area contributed by atoms with Crippen LogP contribution in [0, 0.1) is 0 Å². The van der Waals surface area contributed by atoms with Crippen molar-refractivity contribution in [3.63, 3.8) is 0 Å². The predicted molar refractivity (Wildman–Crippen MR) is 70.4 cm³/mol. The summed E-state index contributed by atoms with van der Waals surface area (Å²) in [6.45, 7) is 8.30. The third-order valence-electron chi connectivity index (χ3n) is 3.04. The topological polar surface area (TPSA) is 61.8 Å². The number of nitrogens with one attached hydrogen (secondary N) is 1. The van der Waals surface area contributed by atoms with Gasteiger partial charge in [-0.1, -0.05) is 0 Å². The number of hydrogen-bond acceptors (Lipinski definition) is 4. The van der Waals surface area contributed by atoms with Gasteiger partial charge in [-0.3, -0.25) is 4.79 Å². The number of nitrogens with zero attached hydrogens (tertiary/aromatic N) is 1. The molecule has 5 heteroatoms. The van der Waals surface area contributed by atoms with E-state index in [-0.39, 0.29) is 18.6 Å². The van der Waals surface area contributed by atoms with Gasteiger partial charge in [-0.15, -0.1) is 0 Å². The van der Waals surface area contributed by atoms with Crippen molar-refractivity contribution in [3.8, 4) is 0 Å². The standard InChI is InChI=1S/C13H26N2O3/c1-4-15(10-13(2,3)17)12(16)9-18-11-5-7-14-8-6-11/h11,14,17H,4-10H2,1-3H3. The number of carbonyl (C=O) groups excluding carboxylic acids is 1. The van der Waals surface area contributed by atoms with Gasteiger partial charge in [0.25, 0.3) is 0 Å². The second kappa shape index (κ2) is 7.07. The van der Waals surface area contributed by atoms with E-state index in [1.165, 1.54) is 0 Å². The minimum Gasteiger partial charge on any atom is -0.389 e. The fourth-order valence-corrected chi connectivity index (χ4v) is 2.09. The predicted octanol–water partition coefficient (Wildman–Crippen LogP) is 0.374. The Labute approximate surface area is 109 Å².